The van der Waals surface area contributed by atoms with Crippen LogP contribution in [0.25, 0.3) is 0 Å². The van der Waals surface area contributed by atoms with Gasteiger partial charge in [0, 0.05) is 25.4 Å². The summed E-state index contributed by atoms with van der Waals surface area (Å²) in [5, 5.41) is 22.5. The number of carbonyl (C=O) groups is 2. The molecule has 0 saturated carbocycles. The van der Waals surface area contributed by atoms with Crippen molar-refractivity contribution in [2.75, 3.05) is 18.5 Å². The first-order chi connectivity index (χ1) is 9.72. The molecule has 9 nitrogen and oxygen atoms in total. The van der Waals surface area contributed by atoms with Crippen molar-refractivity contribution >= 4 is 23.4 Å². The van der Waals surface area contributed by atoms with Crippen LogP contribution in [0.1, 0.15) is 24.2 Å². The van der Waals surface area contributed by atoms with Crippen LogP contribution in [0.5, 0.6) is 0 Å². The third-order valence-electron chi connectivity index (χ3n) is 2.48. The first kappa shape index (κ1) is 16.3. The monoisotopic (exact) mass is 296 g/mol. The standard InChI is InChI=1S/C12H16N4O5/c1-7(2)14-10(17)6-15(3)11-9(16(20)21)4-8(5-13-11)12(18)19/h4-5,7H,6H2,1-3H3,(H,14,17)(H,18,19). The van der Waals surface area contributed by atoms with Gasteiger partial charge in [0.25, 0.3) is 0 Å². The van der Waals surface area contributed by atoms with Gasteiger partial charge in [-0.25, -0.2) is 9.78 Å². The molecule has 0 radical (unpaired) electrons. The first-order valence-corrected chi connectivity index (χ1v) is 6.10. The number of rotatable bonds is 6. The van der Waals surface area contributed by atoms with Crippen LogP contribution in [0.3, 0.4) is 0 Å². The van der Waals surface area contributed by atoms with E-state index in [0.29, 0.717) is 0 Å². The molecule has 2 N–H and O–H groups in total. The SMILES string of the molecule is CC(C)NC(=O)CN(C)c1ncc(C(=O)O)cc1[N+](=O)[O-]. The maximum Gasteiger partial charge on any atom is 0.337 e. The highest BCUT2D eigenvalue weighted by molar-refractivity contribution is 5.89. The molecular weight excluding hydrogens is 280 g/mol. The normalized spacial score (nSPS) is 10.3. The van der Waals surface area contributed by atoms with Crippen molar-refractivity contribution in [3.63, 3.8) is 0 Å². The summed E-state index contributed by atoms with van der Waals surface area (Å²) in [4.78, 5) is 37.8. The Morgan fingerprint density at radius 3 is 2.62 bits per heavy atom. The number of hydrogen-bond acceptors (Lipinski definition) is 6. The van der Waals surface area contributed by atoms with Crippen LogP contribution in [-0.2, 0) is 4.79 Å². The second-order valence-electron chi connectivity index (χ2n) is 4.71. The van der Waals surface area contributed by atoms with Crippen LogP contribution in [0.15, 0.2) is 12.3 Å². The van der Waals surface area contributed by atoms with Crippen molar-refractivity contribution < 1.29 is 19.6 Å². The van der Waals surface area contributed by atoms with Crippen LogP contribution >= 0.6 is 0 Å². The summed E-state index contributed by atoms with van der Waals surface area (Å²) in [6.45, 7) is 3.46. The van der Waals surface area contributed by atoms with Gasteiger partial charge >= 0.3 is 11.7 Å². The van der Waals surface area contributed by atoms with E-state index in [4.69, 9.17) is 5.11 Å². The van der Waals surface area contributed by atoms with E-state index in [1.807, 2.05) is 0 Å². The second-order valence-corrected chi connectivity index (χ2v) is 4.71. The Labute approximate surface area is 120 Å². The maximum atomic E-state index is 11.6. The molecule has 0 aromatic carbocycles. The van der Waals surface area contributed by atoms with Crippen molar-refractivity contribution in [1.82, 2.24) is 10.3 Å². The second kappa shape index (κ2) is 6.64. The molecular formula is C12H16N4O5. The zero-order chi connectivity index (χ0) is 16.2. The van der Waals surface area contributed by atoms with E-state index in [2.05, 4.69) is 10.3 Å². The molecule has 0 bridgehead atoms. The van der Waals surface area contributed by atoms with Gasteiger partial charge in [-0.05, 0) is 13.8 Å². The summed E-state index contributed by atoms with van der Waals surface area (Å²) in [7, 11) is 1.47. The highest BCUT2D eigenvalue weighted by Gasteiger charge is 2.23. The van der Waals surface area contributed by atoms with Gasteiger partial charge in [0.2, 0.25) is 11.7 Å². The zero-order valence-electron chi connectivity index (χ0n) is 11.9. The minimum Gasteiger partial charge on any atom is -0.478 e. The number of nitrogens with zero attached hydrogens (tertiary/aromatic N) is 3. The Morgan fingerprint density at radius 1 is 1.52 bits per heavy atom. The third-order valence-corrected chi connectivity index (χ3v) is 2.48. The minimum absolute atomic E-state index is 0.0526. The van der Waals surface area contributed by atoms with E-state index in [0.717, 1.165) is 12.3 Å². The predicted octanol–water partition coefficient (Wildman–Crippen LogP) is 0.649. The molecule has 1 amide bonds. The maximum absolute atomic E-state index is 11.6. The quantitative estimate of drug-likeness (QED) is 0.583. The molecule has 0 saturated heterocycles. The molecule has 0 aliphatic rings. The van der Waals surface area contributed by atoms with E-state index in [-0.39, 0.29) is 29.9 Å². The number of carbonyl (C=O) groups excluding carboxylic acids is 1. The smallest absolute Gasteiger partial charge is 0.337 e. The number of nitrogens with one attached hydrogen (secondary N) is 1. The molecule has 1 aromatic heterocycles. The zero-order valence-corrected chi connectivity index (χ0v) is 11.9. The van der Waals surface area contributed by atoms with Crippen LogP contribution in [0.2, 0.25) is 0 Å². The third kappa shape index (κ3) is 4.41. The fourth-order valence-electron chi connectivity index (χ4n) is 1.65. The van der Waals surface area contributed by atoms with Crippen LogP contribution in [0.4, 0.5) is 11.5 Å². The van der Waals surface area contributed by atoms with Gasteiger partial charge in [-0.1, -0.05) is 0 Å². The highest BCUT2D eigenvalue weighted by Crippen LogP contribution is 2.25. The van der Waals surface area contributed by atoms with Gasteiger partial charge in [-0.15, -0.1) is 0 Å². The Kier molecular flexibility index (Phi) is 5.17. The van der Waals surface area contributed by atoms with E-state index < -0.39 is 16.6 Å². The summed E-state index contributed by atoms with van der Waals surface area (Å²) in [5.74, 6) is -1.69. The lowest BCUT2D eigenvalue weighted by Crippen LogP contribution is -2.39. The van der Waals surface area contributed by atoms with E-state index in [9.17, 15) is 19.7 Å². The van der Waals surface area contributed by atoms with Gasteiger partial charge in [-0.2, -0.15) is 0 Å². The summed E-state index contributed by atoms with van der Waals surface area (Å²) < 4.78 is 0. The minimum atomic E-state index is -1.31. The molecule has 1 heterocycles. The molecule has 0 aliphatic carbocycles. The van der Waals surface area contributed by atoms with Gasteiger partial charge < -0.3 is 15.3 Å². The number of pyridine rings is 1. The molecule has 0 atom stereocenters. The molecule has 1 rings (SSSR count). The number of anilines is 1. The fourth-order valence-corrected chi connectivity index (χ4v) is 1.65. The Morgan fingerprint density at radius 2 is 2.14 bits per heavy atom. The predicted molar refractivity (Wildman–Crippen MR) is 74.4 cm³/mol. The number of aromatic carboxylic acids is 1. The molecule has 114 valence electrons. The largest absolute Gasteiger partial charge is 0.478 e. The van der Waals surface area contributed by atoms with Crippen molar-refractivity contribution in [2.24, 2.45) is 0 Å². The lowest BCUT2D eigenvalue weighted by Gasteiger charge is -2.18. The number of nitro groups is 1. The average Bonchev–Trinajstić information content (AvgIpc) is 2.36. The van der Waals surface area contributed by atoms with Gasteiger partial charge in [0.15, 0.2) is 0 Å². The molecule has 1 aromatic rings. The van der Waals surface area contributed by atoms with Gasteiger partial charge in [0.1, 0.15) is 0 Å². The summed E-state index contributed by atoms with van der Waals surface area (Å²) in [6, 6.07) is 0.866. The van der Waals surface area contributed by atoms with Crippen LogP contribution < -0.4 is 10.2 Å². The van der Waals surface area contributed by atoms with Gasteiger partial charge in [0.05, 0.1) is 17.0 Å². The number of aromatic nitrogens is 1. The molecule has 0 spiro atoms. The first-order valence-electron chi connectivity index (χ1n) is 6.10. The van der Waals surface area contributed by atoms with E-state index in [1.54, 1.807) is 13.8 Å². The van der Waals surface area contributed by atoms with E-state index >= 15 is 0 Å². The summed E-state index contributed by atoms with van der Waals surface area (Å²) >= 11 is 0. The van der Waals surface area contributed by atoms with Crippen molar-refractivity contribution in [3.8, 4) is 0 Å². The molecule has 0 aliphatic heterocycles. The molecule has 0 fully saturated rings. The summed E-state index contributed by atoms with van der Waals surface area (Å²) in [6.07, 6.45) is 1.02. The highest BCUT2D eigenvalue weighted by atomic mass is 16.6. The Balaban J connectivity index is 3.03. The lowest BCUT2D eigenvalue weighted by molar-refractivity contribution is -0.384. The summed E-state index contributed by atoms with van der Waals surface area (Å²) in [5.41, 5.74) is -0.750. The Hall–Kier alpha value is -2.71. The molecule has 21 heavy (non-hydrogen) atoms. The van der Waals surface area contributed by atoms with Crippen LogP contribution in [-0.4, -0.2) is 46.5 Å². The molecule has 9 heteroatoms. The van der Waals surface area contributed by atoms with Crippen molar-refractivity contribution in [2.45, 2.75) is 19.9 Å². The van der Waals surface area contributed by atoms with Crippen molar-refractivity contribution in [1.29, 1.82) is 0 Å². The van der Waals surface area contributed by atoms with Crippen LogP contribution in [0, 0.1) is 10.1 Å². The Bertz CT molecular complexity index is 573. The number of hydrogen-bond donors (Lipinski definition) is 2. The number of carboxylic acids is 1. The number of carboxylic acid groups (broad SMARTS) is 1. The van der Waals surface area contributed by atoms with Gasteiger partial charge in [-0.3, -0.25) is 14.9 Å². The fraction of sp³-hybridized carbons (Fsp3) is 0.417. The number of amides is 1. The average molecular weight is 296 g/mol. The topological polar surface area (TPSA) is 126 Å². The molecule has 0 unspecified atom stereocenters. The lowest BCUT2D eigenvalue weighted by atomic mass is 10.2. The van der Waals surface area contributed by atoms with Crippen molar-refractivity contribution in [3.05, 3.63) is 27.9 Å². The number of likely N-dealkylation sites (N-methyl/N-ethyl adjacent to an activating group) is 1. The van der Waals surface area contributed by atoms with E-state index in [1.165, 1.54) is 11.9 Å².